The molecule has 27 heavy (non-hydrogen) atoms. The van der Waals surface area contributed by atoms with Gasteiger partial charge < -0.3 is 20.4 Å². The van der Waals surface area contributed by atoms with Crippen molar-refractivity contribution in [2.45, 2.75) is 58.2 Å². The highest BCUT2D eigenvalue weighted by molar-refractivity contribution is 14.0. The maximum absolute atomic E-state index is 4.43. The Morgan fingerprint density at radius 3 is 2.59 bits per heavy atom. The summed E-state index contributed by atoms with van der Waals surface area (Å²) in [6, 6.07) is 10.5. The molecule has 1 atom stereocenters. The first-order valence-corrected chi connectivity index (χ1v) is 10.1. The van der Waals surface area contributed by atoms with Crippen LogP contribution in [-0.2, 0) is 6.42 Å². The summed E-state index contributed by atoms with van der Waals surface area (Å²) in [4.78, 5) is 9.49. The van der Waals surface area contributed by atoms with Crippen molar-refractivity contribution in [1.29, 1.82) is 0 Å². The van der Waals surface area contributed by atoms with Gasteiger partial charge in [0.25, 0.3) is 0 Å². The van der Waals surface area contributed by atoms with Crippen molar-refractivity contribution in [3.05, 3.63) is 29.8 Å². The first-order chi connectivity index (χ1) is 12.6. The number of fused-ring (bicyclic) bond motifs is 1. The molecule has 0 aliphatic carbocycles. The third kappa shape index (κ3) is 5.73. The lowest BCUT2D eigenvalue weighted by molar-refractivity contribution is 0.167. The Labute approximate surface area is 182 Å². The molecule has 0 aromatic heterocycles. The van der Waals surface area contributed by atoms with E-state index in [-0.39, 0.29) is 24.0 Å². The number of guanidine groups is 1. The van der Waals surface area contributed by atoms with Crippen LogP contribution in [0.15, 0.2) is 29.3 Å². The molecule has 1 aromatic carbocycles. The van der Waals surface area contributed by atoms with Crippen molar-refractivity contribution in [3.8, 4) is 0 Å². The Morgan fingerprint density at radius 2 is 1.93 bits per heavy atom. The van der Waals surface area contributed by atoms with Gasteiger partial charge in [-0.15, -0.1) is 24.0 Å². The van der Waals surface area contributed by atoms with Crippen LogP contribution in [0.4, 0.5) is 5.69 Å². The number of hydrogen-bond acceptors (Lipinski definition) is 3. The predicted octanol–water partition coefficient (Wildman–Crippen LogP) is 3.09. The van der Waals surface area contributed by atoms with Crippen LogP contribution in [0.25, 0.3) is 0 Å². The quantitative estimate of drug-likeness (QED) is 0.382. The summed E-state index contributed by atoms with van der Waals surface area (Å²) in [5, 5.41) is 7.13. The molecule has 2 aliphatic rings. The van der Waals surface area contributed by atoms with Crippen LogP contribution in [0.2, 0.25) is 0 Å². The Hall–Kier alpha value is -1.02. The van der Waals surface area contributed by atoms with Crippen molar-refractivity contribution in [1.82, 2.24) is 15.5 Å². The molecule has 0 saturated carbocycles. The van der Waals surface area contributed by atoms with E-state index in [1.54, 1.807) is 0 Å². The van der Waals surface area contributed by atoms with Crippen molar-refractivity contribution < 1.29 is 0 Å². The second-order valence-corrected chi connectivity index (χ2v) is 7.92. The monoisotopic (exact) mass is 485 g/mol. The maximum atomic E-state index is 4.43. The van der Waals surface area contributed by atoms with Crippen LogP contribution in [0.5, 0.6) is 0 Å². The molecular formula is C21H36IN5. The Bertz CT molecular complexity index is 610. The Balaban J connectivity index is 0.00000261. The van der Waals surface area contributed by atoms with Gasteiger partial charge in [0.1, 0.15) is 0 Å². The predicted molar refractivity (Wildman–Crippen MR) is 127 cm³/mol. The fourth-order valence-corrected chi connectivity index (χ4v) is 4.21. The first-order valence-electron chi connectivity index (χ1n) is 10.1. The number of likely N-dealkylation sites (tertiary alicyclic amines) is 1. The van der Waals surface area contributed by atoms with Gasteiger partial charge >= 0.3 is 0 Å². The number of aliphatic imine (C=N–C) groups is 1. The van der Waals surface area contributed by atoms with Gasteiger partial charge in [0.2, 0.25) is 0 Å². The van der Waals surface area contributed by atoms with E-state index < -0.39 is 0 Å². The molecule has 0 amide bonds. The number of rotatable bonds is 5. The molecule has 152 valence electrons. The number of piperidine rings is 1. The van der Waals surface area contributed by atoms with Gasteiger partial charge in [0.15, 0.2) is 5.96 Å². The summed E-state index contributed by atoms with van der Waals surface area (Å²) in [5.74, 6) is 0.938. The number of nitrogens with one attached hydrogen (secondary N) is 2. The molecule has 6 heteroatoms. The van der Waals surface area contributed by atoms with Crippen LogP contribution in [0.1, 0.15) is 39.2 Å². The van der Waals surface area contributed by atoms with Crippen molar-refractivity contribution in [3.63, 3.8) is 0 Å². The van der Waals surface area contributed by atoms with Crippen LogP contribution < -0.4 is 15.5 Å². The fraction of sp³-hybridized carbons (Fsp3) is 0.667. The minimum absolute atomic E-state index is 0. The summed E-state index contributed by atoms with van der Waals surface area (Å²) in [6.45, 7) is 11.1. The summed E-state index contributed by atoms with van der Waals surface area (Å²) in [6.07, 6.45) is 3.53. The van der Waals surface area contributed by atoms with E-state index in [4.69, 9.17) is 0 Å². The van der Waals surface area contributed by atoms with Crippen LogP contribution in [0.3, 0.4) is 0 Å². The maximum Gasteiger partial charge on any atom is 0.191 e. The number of benzene rings is 1. The average Bonchev–Trinajstić information content (AvgIpc) is 2.96. The molecule has 3 rings (SSSR count). The van der Waals surface area contributed by atoms with E-state index in [2.05, 4.69) is 70.5 Å². The van der Waals surface area contributed by atoms with E-state index >= 15 is 0 Å². The fourth-order valence-electron chi connectivity index (χ4n) is 4.21. The standard InChI is InChI=1S/C21H35N5.HI/c1-16(2)25-12-9-19(10-13-25)24-21(22-4)23-11-14-26-17(3)15-18-7-5-6-8-20(18)26;/h5-8,16-17,19H,9-15H2,1-4H3,(H2,22,23,24);1H. The zero-order valence-corrected chi connectivity index (χ0v) is 19.6. The van der Waals surface area contributed by atoms with Crippen molar-refractivity contribution in [2.75, 3.05) is 38.1 Å². The largest absolute Gasteiger partial charge is 0.367 e. The molecule has 2 N–H and O–H groups in total. The number of halogens is 1. The summed E-state index contributed by atoms with van der Waals surface area (Å²) in [7, 11) is 1.87. The zero-order chi connectivity index (χ0) is 18.5. The SMILES string of the molecule is CN=C(NCCN1c2ccccc2CC1C)NC1CCN(C(C)C)CC1.I. The lowest BCUT2D eigenvalue weighted by atomic mass is 10.0. The van der Waals surface area contributed by atoms with Gasteiger partial charge in [-0.3, -0.25) is 4.99 Å². The minimum atomic E-state index is 0. The molecule has 2 aliphatic heterocycles. The molecule has 5 nitrogen and oxygen atoms in total. The Kier molecular flexibility index (Phi) is 8.66. The second-order valence-electron chi connectivity index (χ2n) is 7.92. The van der Waals surface area contributed by atoms with Crippen LogP contribution in [-0.4, -0.2) is 62.2 Å². The highest BCUT2D eigenvalue weighted by Crippen LogP contribution is 2.31. The Morgan fingerprint density at radius 1 is 1.22 bits per heavy atom. The van der Waals surface area contributed by atoms with Gasteiger partial charge in [-0.1, -0.05) is 18.2 Å². The van der Waals surface area contributed by atoms with E-state index in [1.165, 1.54) is 37.2 Å². The molecule has 1 saturated heterocycles. The third-order valence-corrected chi connectivity index (χ3v) is 5.82. The zero-order valence-electron chi connectivity index (χ0n) is 17.2. The minimum Gasteiger partial charge on any atom is -0.367 e. The molecule has 0 bridgehead atoms. The number of anilines is 1. The lowest BCUT2D eigenvalue weighted by Crippen LogP contribution is -2.50. The second kappa shape index (κ2) is 10.5. The topological polar surface area (TPSA) is 42.9 Å². The van der Waals surface area contributed by atoms with E-state index in [0.717, 1.165) is 25.5 Å². The summed E-state index contributed by atoms with van der Waals surface area (Å²) < 4.78 is 0. The normalized spacial score (nSPS) is 21.1. The van der Waals surface area contributed by atoms with E-state index in [0.29, 0.717) is 18.1 Å². The highest BCUT2D eigenvalue weighted by Gasteiger charge is 2.25. The molecular weight excluding hydrogens is 449 g/mol. The van der Waals surface area contributed by atoms with Gasteiger partial charge in [-0.2, -0.15) is 0 Å². The lowest BCUT2D eigenvalue weighted by Gasteiger charge is -2.35. The summed E-state index contributed by atoms with van der Waals surface area (Å²) in [5.41, 5.74) is 2.87. The van der Waals surface area contributed by atoms with Crippen LogP contribution in [0, 0.1) is 0 Å². The van der Waals surface area contributed by atoms with Crippen molar-refractivity contribution >= 4 is 35.6 Å². The molecule has 1 fully saturated rings. The number of hydrogen-bond donors (Lipinski definition) is 2. The summed E-state index contributed by atoms with van der Waals surface area (Å²) >= 11 is 0. The highest BCUT2D eigenvalue weighted by atomic mass is 127. The molecule has 0 radical (unpaired) electrons. The first kappa shape index (κ1) is 22.3. The van der Waals surface area contributed by atoms with E-state index in [9.17, 15) is 0 Å². The molecule has 2 heterocycles. The number of nitrogens with zero attached hydrogens (tertiary/aromatic N) is 3. The van der Waals surface area contributed by atoms with Crippen LogP contribution >= 0.6 is 24.0 Å². The third-order valence-electron chi connectivity index (χ3n) is 5.82. The molecule has 1 aromatic rings. The van der Waals surface area contributed by atoms with Crippen molar-refractivity contribution in [2.24, 2.45) is 4.99 Å². The van der Waals surface area contributed by atoms with Gasteiger partial charge in [0.05, 0.1) is 0 Å². The average molecular weight is 485 g/mol. The molecule has 1 unspecified atom stereocenters. The van der Waals surface area contributed by atoms with Gasteiger partial charge in [-0.25, -0.2) is 0 Å². The van der Waals surface area contributed by atoms with Gasteiger partial charge in [0, 0.05) is 57.0 Å². The van der Waals surface area contributed by atoms with Gasteiger partial charge in [-0.05, 0) is 51.7 Å². The molecule has 0 spiro atoms. The number of para-hydroxylation sites is 1. The smallest absolute Gasteiger partial charge is 0.191 e. The van der Waals surface area contributed by atoms with E-state index in [1.807, 2.05) is 7.05 Å².